The van der Waals surface area contributed by atoms with E-state index < -0.39 is 6.17 Å². The van der Waals surface area contributed by atoms with Crippen LogP contribution in [0, 0.1) is 5.92 Å². The molecule has 0 spiro atoms. The first-order valence-electron chi connectivity index (χ1n) is 4.45. The molecule has 1 fully saturated rings. The quantitative estimate of drug-likeness (QED) is 0.462. The highest BCUT2D eigenvalue weighted by atomic mass is 19.1. The summed E-state index contributed by atoms with van der Waals surface area (Å²) in [5.41, 5.74) is 0. The van der Waals surface area contributed by atoms with Gasteiger partial charge in [0.15, 0.2) is 0 Å². The van der Waals surface area contributed by atoms with Gasteiger partial charge in [-0.3, -0.25) is 0 Å². The van der Waals surface area contributed by atoms with E-state index in [1.807, 2.05) is 0 Å². The molecule has 1 aliphatic carbocycles. The maximum atomic E-state index is 12.8. The van der Waals surface area contributed by atoms with Gasteiger partial charge in [-0.2, -0.15) is 0 Å². The molecule has 0 amide bonds. The number of rotatable bonds is 2. The van der Waals surface area contributed by atoms with Crippen LogP contribution in [0.2, 0.25) is 0 Å². The fourth-order valence-corrected chi connectivity index (χ4v) is 1.76. The van der Waals surface area contributed by atoms with E-state index in [9.17, 15) is 9.18 Å². The Morgan fingerprint density at radius 3 is 2.42 bits per heavy atom. The molecule has 1 unspecified atom stereocenters. The second-order valence-electron chi connectivity index (χ2n) is 3.47. The summed E-state index contributed by atoms with van der Waals surface area (Å²) < 4.78 is 12.8. The van der Waals surface area contributed by atoms with E-state index in [0.717, 1.165) is 25.7 Å². The minimum atomic E-state index is -0.717. The number of isocyanates is 1. The smallest absolute Gasteiger partial charge is 0.235 e. The van der Waals surface area contributed by atoms with Crippen molar-refractivity contribution < 1.29 is 9.18 Å². The van der Waals surface area contributed by atoms with Crippen LogP contribution < -0.4 is 0 Å². The Morgan fingerprint density at radius 2 is 2.00 bits per heavy atom. The van der Waals surface area contributed by atoms with Crippen molar-refractivity contribution in [3.05, 3.63) is 0 Å². The highest BCUT2D eigenvalue weighted by Gasteiger charge is 2.24. The van der Waals surface area contributed by atoms with Gasteiger partial charge in [-0.05, 0) is 38.5 Å². The van der Waals surface area contributed by atoms with Crippen LogP contribution in [0.4, 0.5) is 4.39 Å². The Labute approximate surface area is 71.9 Å². The number of halogens is 1. The normalized spacial score (nSPS) is 32.2. The molecule has 0 N–H and O–H groups in total. The Balaban J connectivity index is 2.34. The fraction of sp³-hybridized carbons (Fsp3) is 0.889. The summed E-state index contributed by atoms with van der Waals surface area (Å²) in [4.78, 5) is 13.6. The molecule has 0 aliphatic heterocycles. The number of alkyl halides is 1. The van der Waals surface area contributed by atoms with Crippen LogP contribution in [-0.2, 0) is 4.79 Å². The molecule has 0 heterocycles. The van der Waals surface area contributed by atoms with E-state index in [-0.39, 0.29) is 12.0 Å². The first-order valence-corrected chi connectivity index (χ1v) is 4.45. The van der Waals surface area contributed by atoms with E-state index >= 15 is 0 Å². The molecule has 0 aromatic rings. The molecule has 68 valence electrons. The zero-order valence-electron chi connectivity index (χ0n) is 7.29. The highest BCUT2D eigenvalue weighted by molar-refractivity contribution is 5.33. The molecule has 0 aromatic heterocycles. The lowest BCUT2D eigenvalue weighted by Crippen LogP contribution is -2.22. The van der Waals surface area contributed by atoms with Gasteiger partial charge in [0.25, 0.3) is 0 Å². The molecule has 0 saturated heterocycles. The number of hydrogen-bond acceptors (Lipinski definition) is 2. The first-order chi connectivity index (χ1) is 5.74. The maximum absolute atomic E-state index is 12.8. The Kier molecular flexibility index (Phi) is 3.42. The highest BCUT2D eigenvalue weighted by Crippen LogP contribution is 2.29. The molecule has 2 nitrogen and oxygen atoms in total. The lowest BCUT2D eigenvalue weighted by Gasteiger charge is -2.26. The van der Waals surface area contributed by atoms with Gasteiger partial charge in [-0.1, -0.05) is 0 Å². The topological polar surface area (TPSA) is 29.4 Å². The third kappa shape index (κ3) is 2.42. The lowest BCUT2D eigenvalue weighted by molar-refractivity contribution is 0.189. The van der Waals surface area contributed by atoms with Crippen molar-refractivity contribution in [2.45, 2.75) is 44.8 Å². The van der Waals surface area contributed by atoms with Crippen molar-refractivity contribution in [1.29, 1.82) is 0 Å². The van der Waals surface area contributed by atoms with Crippen LogP contribution in [0.25, 0.3) is 0 Å². The van der Waals surface area contributed by atoms with Crippen molar-refractivity contribution in [2.24, 2.45) is 10.9 Å². The summed E-state index contributed by atoms with van der Waals surface area (Å²) in [6, 6.07) is 0.109. The molecule has 0 aromatic carbocycles. The second kappa shape index (κ2) is 4.36. The van der Waals surface area contributed by atoms with E-state index in [0.29, 0.717) is 0 Å². The number of carbonyl (C=O) groups excluding carboxylic acids is 1. The van der Waals surface area contributed by atoms with Gasteiger partial charge in [0.05, 0.1) is 6.04 Å². The lowest BCUT2D eigenvalue weighted by atomic mass is 9.84. The molecule has 1 atom stereocenters. The largest absolute Gasteiger partial charge is 0.247 e. The van der Waals surface area contributed by atoms with Crippen LogP contribution in [-0.4, -0.2) is 18.3 Å². The molecule has 12 heavy (non-hydrogen) atoms. The van der Waals surface area contributed by atoms with E-state index in [1.54, 1.807) is 13.0 Å². The zero-order valence-corrected chi connectivity index (χ0v) is 7.29. The van der Waals surface area contributed by atoms with Crippen LogP contribution in [0.1, 0.15) is 32.6 Å². The average Bonchev–Trinajstić information content (AvgIpc) is 2.06. The number of nitrogens with zero attached hydrogens (tertiary/aromatic N) is 1. The summed E-state index contributed by atoms with van der Waals surface area (Å²) >= 11 is 0. The predicted octanol–water partition coefficient (Wildman–Crippen LogP) is 2.24. The predicted molar refractivity (Wildman–Crippen MR) is 44.4 cm³/mol. The van der Waals surface area contributed by atoms with Gasteiger partial charge in [-0.25, -0.2) is 14.2 Å². The average molecular weight is 171 g/mol. The summed E-state index contributed by atoms with van der Waals surface area (Å²) in [6.45, 7) is 1.61. The summed E-state index contributed by atoms with van der Waals surface area (Å²) in [5.74, 6) is 0.183. The Morgan fingerprint density at radius 1 is 1.42 bits per heavy atom. The molecular formula is C9H14FNO. The minimum absolute atomic E-state index is 0.109. The van der Waals surface area contributed by atoms with E-state index in [4.69, 9.17) is 0 Å². The molecular weight excluding hydrogens is 157 g/mol. The summed E-state index contributed by atoms with van der Waals surface area (Å²) in [5, 5.41) is 0. The van der Waals surface area contributed by atoms with Crippen LogP contribution in [0.5, 0.6) is 0 Å². The van der Waals surface area contributed by atoms with E-state index in [1.165, 1.54) is 0 Å². The van der Waals surface area contributed by atoms with Gasteiger partial charge in [0, 0.05) is 0 Å². The third-order valence-electron chi connectivity index (χ3n) is 2.63. The van der Waals surface area contributed by atoms with Crippen molar-refractivity contribution in [2.75, 3.05) is 0 Å². The van der Waals surface area contributed by atoms with Crippen LogP contribution in [0.3, 0.4) is 0 Å². The van der Waals surface area contributed by atoms with E-state index in [2.05, 4.69) is 4.99 Å². The molecule has 0 radical (unpaired) electrons. The number of hydrogen-bond donors (Lipinski definition) is 0. The van der Waals surface area contributed by atoms with Crippen molar-refractivity contribution in [3.8, 4) is 0 Å². The van der Waals surface area contributed by atoms with Crippen molar-refractivity contribution in [1.82, 2.24) is 0 Å². The van der Waals surface area contributed by atoms with Gasteiger partial charge in [0.2, 0.25) is 6.08 Å². The van der Waals surface area contributed by atoms with Crippen molar-refractivity contribution in [3.63, 3.8) is 0 Å². The third-order valence-corrected chi connectivity index (χ3v) is 2.63. The van der Waals surface area contributed by atoms with Gasteiger partial charge in [-0.15, -0.1) is 0 Å². The molecule has 3 heteroatoms. The monoisotopic (exact) mass is 171 g/mol. The summed E-state index contributed by atoms with van der Waals surface area (Å²) in [6.07, 6.45) is 4.24. The molecule has 0 bridgehead atoms. The molecule has 1 saturated carbocycles. The molecule has 1 rings (SSSR count). The van der Waals surface area contributed by atoms with Gasteiger partial charge in [0.1, 0.15) is 6.17 Å². The second-order valence-corrected chi connectivity index (χ2v) is 3.47. The first kappa shape index (κ1) is 9.40. The van der Waals surface area contributed by atoms with Crippen LogP contribution in [0.15, 0.2) is 4.99 Å². The SMILES string of the molecule is CC(F)C1CCC(N=C=O)CC1. The van der Waals surface area contributed by atoms with Gasteiger partial charge < -0.3 is 0 Å². The van der Waals surface area contributed by atoms with Crippen LogP contribution >= 0.6 is 0 Å². The summed E-state index contributed by atoms with van der Waals surface area (Å²) in [7, 11) is 0. The Bertz CT molecular complexity index is 179. The Hall–Kier alpha value is -0.690. The maximum Gasteiger partial charge on any atom is 0.235 e. The fourth-order valence-electron chi connectivity index (χ4n) is 1.76. The minimum Gasteiger partial charge on any atom is -0.247 e. The van der Waals surface area contributed by atoms with Crippen molar-refractivity contribution >= 4 is 6.08 Å². The number of aliphatic imine (C=N–C) groups is 1. The zero-order chi connectivity index (χ0) is 8.97. The molecule has 1 aliphatic rings. The standard InChI is InChI=1S/C9H14FNO/c1-7(10)8-2-4-9(5-3-8)11-6-12/h7-9H,2-5H2,1H3. The van der Waals surface area contributed by atoms with Gasteiger partial charge >= 0.3 is 0 Å².